The lowest BCUT2D eigenvalue weighted by Crippen LogP contribution is -2.50. The maximum atomic E-state index is 12.9. The standard InChI is InChI=1S/C21H20N2O3/c1-3-10-23-20(22-18-7-5-4-6-17(18)21(23)24)15-11-14-8-9-16(25-2)12-19(14)26-13-15/h3-9,11-12,20,22H,1,10,13H2,2H3. The number of amides is 1. The highest BCUT2D eigenvalue weighted by molar-refractivity contribution is 6.02. The molecule has 2 heterocycles. The summed E-state index contributed by atoms with van der Waals surface area (Å²) in [7, 11) is 1.63. The molecule has 5 heteroatoms. The quantitative estimate of drug-likeness (QED) is 0.859. The number of rotatable bonds is 4. The monoisotopic (exact) mass is 348 g/mol. The Balaban J connectivity index is 1.72. The van der Waals surface area contributed by atoms with Crippen molar-refractivity contribution < 1.29 is 14.3 Å². The number of carbonyl (C=O) groups is 1. The van der Waals surface area contributed by atoms with Gasteiger partial charge in [-0.05, 0) is 30.3 Å². The van der Waals surface area contributed by atoms with E-state index in [0.717, 1.165) is 28.3 Å². The van der Waals surface area contributed by atoms with Gasteiger partial charge in [0.25, 0.3) is 5.91 Å². The zero-order chi connectivity index (χ0) is 18.1. The van der Waals surface area contributed by atoms with Crippen molar-refractivity contribution in [2.75, 3.05) is 25.6 Å². The summed E-state index contributed by atoms with van der Waals surface area (Å²) in [6, 6.07) is 13.3. The van der Waals surface area contributed by atoms with E-state index in [1.165, 1.54) is 0 Å². The largest absolute Gasteiger partial charge is 0.497 e. The van der Waals surface area contributed by atoms with Crippen LogP contribution >= 0.6 is 0 Å². The van der Waals surface area contributed by atoms with E-state index in [-0.39, 0.29) is 12.1 Å². The van der Waals surface area contributed by atoms with E-state index in [0.29, 0.717) is 18.7 Å². The van der Waals surface area contributed by atoms with Gasteiger partial charge in [0, 0.05) is 29.4 Å². The number of benzene rings is 2. The molecule has 0 fully saturated rings. The average molecular weight is 348 g/mol. The topological polar surface area (TPSA) is 50.8 Å². The molecule has 4 rings (SSSR count). The van der Waals surface area contributed by atoms with Crippen LogP contribution in [0.5, 0.6) is 11.5 Å². The minimum absolute atomic E-state index is 0.00863. The predicted molar refractivity (Wildman–Crippen MR) is 102 cm³/mol. The van der Waals surface area contributed by atoms with E-state index >= 15 is 0 Å². The van der Waals surface area contributed by atoms with Crippen LogP contribution in [0.25, 0.3) is 6.08 Å². The van der Waals surface area contributed by atoms with Gasteiger partial charge in [-0.15, -0.1) is 6.58 Å². The van der Waals surface area contributed by atoms with Gasteiger partial charge in [0.05, 0.1) is 12.7 Å². The molecule has 26 heavy (non-hydrogen) atoms. The zero-order valence-corrected chi connectivity index (χ0v) is 14.6. The number of anilines is 1. The second-order valence-electron chi connectivity index (χ2n) is 6.25. The van der Waals surface area contributed by atoms with Crippen molar-refractivity contribution >= 4 is 17.7 Å². The number of para-hydroxylation sites is 1. The Kier molecular flexibility index (Phi) is 4.13. The molecule has 1 amide bonds. The van der Waals surface area contributed by atoms with Crippen LogP contribution in [-0.2, 0) is 0 Å². The maximum Gasteiger partial charge on any atom is 0.258 e. The van der Waals surface area contributed by atoms with Gasteiger partial charge >= 0.3 is 0 Å². The number of methoxy groups -OCH3 is 1. The number of nitrogens with zero attached hydrogens (tertiary/aromatic N) is 1. The van der Waals surface area contributed by atoms with Crippen molar-refractivity contribution in [1.29, 1.82) is 0 Å². The molecule has 2 aromatic rings. The lowest BCUT2D eigenvalue weighted by Gasteiger charge is -2.39. The molecule has 2 aliphatic heterocycles. The van der Waals surface area contributed by atoms with E-state index in [4.69, 9.17) is 9.47 Å². The number of carbonyl (C=O) groups excluding carboxylic acids is 1. The fourth-order valence-electron chi connectivity index (χ4n) is 3.36. The van der Waals surface area contributed by atoms with Gasteiger partial charge in [0.1, 0.15) is 24.3 Å². The Bertz CT molecular complexity index is 904. The van der Waals surface area contributed by atoms with E-state index in [2.05, 4.69) is 18.0 Å². The van der Waals surface area contributed by atoms with Crippen LogP contribution in [0.4, 0.5) is 5.69 Å². The highest BCUT2D eigenvalue weighted by Gasteiger charge is 2.34. The molecular weight excluding hydrogens is 328 g/mol. The second kappa shape index (κ2) is 6.59. The first kappa shape index (κ1) is 16.3. The van der Waals surface area contributed by atoms with Gasteiger partial charge < -0.3 is 19.7 Å². The van der Waals surface area contributed by atoms with Crippen molar-refractivity contribution in [3.63, 3.8) is 0 Å². The third kappa shape index (κ3) is 2.71. The number of ether oxygens (including phenoxy) is 2. The summed E-state index contributed by atoms with van der Waals surface area (Å²) in [6.07, 6.45) is 3.54. The Hall–Kier alpha value is -3.21. The molecule has 0 aromatic heterocycles. The lowest BCUT2D eigenvalue weighted by molar-refractivity contribution is 0.0726. The van der Waals surface area contributed by atoms with E-state index in [1.54, 1.807) is 18.1 Å². The minimum Gasteiger partial charge on any atom is -0.497 e. The Morgan fingerprint density at radius 3 is 3.00 bits per heavy atom. The van der Waals surface area contributed by atoms with Gasteiger partial charge in [-0.2, -0.15) is 0 Å². The SMILES string of the molecule is C=CCN1C(=O)c2ccccc2NC1C1=Cc2ccc(OC)cc2OC1. The Morgan fingerprint density at radius 1 is 1.35 bits per heavy atom. The average Bonchev–Trinajstić information content (AvgIpc) is 2.69. The molecule has 5 nitrogen and oxygen atoms in total. The molecule has 0 bridgehead atoms. The van der Waals surface area contributed by atoms with Crippen molar-refractivity contribution in [3.8, 4) is 11.5 Å². The molecule has 1 N–H and O–H groups in total. The number of nitrogens with one attached hydrogen (secondary N) is 1. The fraction of sp³-hybridized carbons (Fsp3) is 0.190. The van der Waals surface area contributed by atoms with Crippen LogP contribution in [-0.4, -0.2) is 37.2 Å². The first-order valence-corrected chi connectivity index (χ1v) is 8.50. The van der Waals surface area contributed by atoms with Crippen LogP contribution in [0.3, 0.4) is 0 Å². The summed E-state index contributed by atoms with van der Waals surface area (Å²) in [6.45, 7) is 4.65. The van der Waals surface area contributed by atoms with Crippen molar-refractivity contribution in [1.82, 2.24) is 4.90 Å². The highest BCUT2D eigenvalue weighted by atomic mass is 16.5. The number of hydrogen-bond acceptors (Lipinski definition) is 4. The summed E-state index contributed by atoms with van der Waals surface area (Å²) in [5.41, 5.74) is 3.48. The number of fused-ring (bicyclic) bond motifs is 2. The summed E-state index contributed by atoms with van der Waals surface area (Å²) >= 11 is 0. The Labute approximate surface area is 152 Å². The first-order valence-electron chi connectivity index (χ1n) is 8.50. The molecule has 0 spiro atoms. The molecule has 2 aromatic carbocycles. The van der Waals surface area contributed by atoms with Crippen molar-refractivity contribution in [2.24, 2.45) is 0 Å². The Morgan fingerprint density at radius 2 is 2.19 bits per heavy atom. The van der Waals surface area contributed by atoms with Gasteiger partial charge in [-0.1, -0.05) is 18.2 Å². The van der Waals surface area contributed by atoms with Gasteiger partial charge in [-0.3, -0.25) is 4.79 Å². The maximum absolute atomic E-state index is 12.9. The third-order valence-electron chi connectivity index (χ3n) is 4.66. The molecule has 1 atom stereocenters. The molecule has 132 valence electrons. The minimum atomic E-state index is -0.273. The number of hydrogen-bond donors (Lipinski definition) is 1. The normalized spacial score (nSPS) is 18.0. The zero-order valence-electron chi connectivity index (χ0n) is 14.6. The second-order valence-corrected chi connectivity index (χ2v) is 6.25. The molecule has 0 radical (unpaired) electrons. The van der Waals surface area contributed by atoms with Gasteiger partial charge in [-0.25, -0.2) is 0 Å². The van der Waals surface area contributed by atoms with Crippen LogP contribution in [0.15, 0.2) is 60.7 Å². The van der Waals surface area contributed by atoms with E-state index < -0.39 is 0 Å². The molecule has 0 saturated carbocycles. The van der Waals surface area contributed by atoms with Crippen LogP contribution < -0.4 is 14.8 Å². The summed E-state index contributed by atoms with van der Waals surface area (Å²) in [4.78, 5) is 14.7. The lowest BCUT2D eigenvalue weighted by atomic mass is 10.0. The van der Waals surface area contributed by atoms with Crippen molar-refractivity contribution in [2.45, 2.75) is 6.17 Å². The summed E-state index contributed by atoms with van der Waals surface area (Å²) in [5.74, 6) is 1.53. The summed E-state index contributed by atoms with van der Waals surface area (Å²) in [5, 5.41) is 3.47. The fourth-order valence-corrected chi connectivity index (χ4v) is 3.36. The smallest absolute Gasteiger partial charge is 0.258 e. The first-order chi connectivity index (χ1) is 12.7. The highest BCUT2D eigenvalue weighted by Crippen LogP contribution is 2.34. The van der Waals surface area contributed by atoms with Crippen LogP contribution in [0, 0.1) is 0 Å². The molecule has 2 aliphatic rings. The molecule has 0 saturated heterocycles. The van der Waals surface area contributed by atoms with E-state index in [9.17, 15) is 4.79 Å². The van der Waals surface area contributed by atoms with Crippen molar-refractivity contribution in [3.05, 3.63) is 71.8 Å². The van der Waals surface area contributed by atoms with Crippen LogP contribution in [0.2, 0.25) is 0 Å². The van der Waals surface area contributed by atoms with Crippen LogP contribution in [0.1, 0.15) is 15.9 Å². The van der Waals surface area contributed by atoms with Gasteiger partial charge in [0.2, 0.25) is 0 Å². The van der Waals surface area contributed by atoms with Gasteiger partial charge in [0.15, 0.2) is 0 Å². The molecule has 0 aliphatic carbocycles. The molecular formula is C21H20N2O3. The molecule has 1 unspecified atom stereocenters. The van der Waals surface area contributed by atoms with E-state index in [1.807, 2.05) is 42.5 Å². The predicted octanol–water partition coefficient (Wildman–Crippen LogP) is 3.55. The third-order valence-corrected chi connectivity index (χ3v) is 4.66. The summed E-state index contributed by atoms with van der Waals surface area (Å²) < 4.78 is 11.2.